The van der Waals surface area contributed by atoms with Gasteiger partial charge in [-0.2, -0.15) is 5.10 Å². The standard InChI is InChI=1S/C15H19N3/c1-3-18-10-13-6-5-12(8-15(13)17-18)14-7-4-11(2)9-16-14/h5-6,8,10-11H,3-4,7,9H2,1-2H3. The highest BCUT2D eigenvalue weighted by Gasteiger charge is 2.13. The van der Waals surface area contributed by atoms with Gasteiger partial charge >= 0.3 is 0 Å². The molecule has 1 unspecified atom stereocenters. The summed E-state index contributed by atoms with van der Waals surface area (Å²) in [6, 6.07) is 6.51. The maximum Gasteiger partial charge on any atom is 0.0929 e. The lowest BCUT2D eigenvalue weighted by atomic mass is 9.95. The van der Waals surface area contributed by atoms with E-state index < -0.39 is 0 Å². The number of hydrogen-bond donors (Lipinski definition) is 0. The third-order valence-corrected chi connectivity index (χ3v) is 3.68. The highest BCUT2D eigenvalue weighted by atomic mass is 15.3. The van der Waals surface area contributed by atoms with E-state index in [1.807, 2.05) is 4.68 Å². The molecule has 2 aromatic rings. The topological polar surface area (TPSA) is 30.2 Å². The summed E-state index contributed by atoms with van der Waals surface area (Å²) in [7, 11) is 0. The zero-order valence-electron chi connectivity index (χ0n) is 11.1. The van der Waals surface area contributed by atoms with Crippen molar-refractivity contribution in [3.8, 4) is 0 Å². The molecule has 0 amide bonds. The normalized spacial score (nSPS) is 20.1. The van der Waals surface area contributed by atoms with E-state index in [1.54, 1.807) is 0 Å². The molecule has 1 aromatic heterocycles. The van der Waals surface area contributed by atoms with Crippen LogP contribution in [0, 0.1) is 5.92 Å². The van der Waals surface area contributed by atoms with E-state index in [-0.39, 0.29) is 0 Å². The number of nitrogens with zero attached hydrogens (tertiary/aromatic N) is 3. The molecular formula is C15H19N3. The van der Waals surface area contributed by atoms with Crippen LogP contribution in [0.3, 0.4) is 0 Å². The van der Waals surface area contributed by atoms with Gasteiger partial charge in [0.05, 0.1) is 5.52 Å². The van der Waals surface area contributed by atoms with Crippen LogP contribution in [0.2, 0.25) is 0 Å². The van der Waals surface area contributed by atoms with Crippen LogP contribution in [0.25, 0.3) is 10.9 Å². The summed E-state index contributed by atoms with van der Waals surface area (Å²) >= 11 is 0. The summed E-state index contributed by atoms with van der Waals surface area (Å²) in [5.41, 5.74) is 3.58. The van der Waals surface area contributed by atoms with Crippen molar-refractivity contribution in [2.45, 2.75) is 33.2 Å². The highest BCUT2D eigenvalue weighted by Crippen LogP contribution is 2.21. The molecule has 18 heavy (non-hydrogen) atoms. The number of benzene rings is 1. The van der Waals surface area contributed by atoms with Gasteiger partial charge in [-0.25, -0.2) is 0 Å². The van der Waals surface area contributed by atoms with E-state index in [0.717, 1.165) is 30.9 Å². The minimum absolute atomic E-state index is 0.733. The first kappa shape index (κ1) is 11.5. The summed E-state index contributed by atoms with van der Waals surface area (Å²) in [5.74, 6) is 0.733. The van der Waals surface area contributed by atoms with Crippen LogP contribution in [0.15, 0.2) is 29.4 Å². The average Bonchev–Trinajstić information content (AvgIpc) is 2.81. The zero-order chi connectivity index (χ0) is 12.5. The van der Waals surface area contributed by atoms with Crippen LogP contribution in [-0.4, -0.2) is 22.0 Å². The Bertz CT molecular complexity index is 595. The lowest BCUT2D eigenvalue weighted by Gasteiger charge is -2.17. The summed E-state index contributed by atoms with van der Waals surface area (Å²) in [6.45, 7) is 6.27. The van der Waals surface area contributed by atoms with Gasteiger partial charge in [0.15, 0.2) is 0 Å². The van der Waals surface area contributed by atoms with Crippen molar-refractivity contribution in [3.63, 3.8) is 0 Å². The fourth-order valence-electron chi connectivity index (χ4n) is 2.46. The van der Waals surface area contributed by atoms with Crippen molar-refractivity contribution < 1.29 is 0 Å². The van der Waals surface area contributed by atoms with Gasteiger partial charge in [-0.05, 0) is 37.3 Å². The number of aromatic nitrogens is 2. The number of hydrogen-bond acceptors (Lipinski definition) is 2. The lowest BCUT2D eigenvalue weighted by Crippen LogP contribution is -2.14. The second-order valence-electron chi connectivity index (χ2n) is 5.19. The van der Waals surface area contributed by atoms with E-state index in [4.69, 9.17) is 4.99 Å². The fourth-order valence-corrected chi connectivity index (χ4v) is 2.46. The smallest absolute Gasteiger partial charge is 0.0929 e. The largest absolute Gasteiger partial charge is 0.289 e. The Morgan fingerprint density at radius 2 is 2.28 bits per heavy atom. The SMILES string of the molecule is CCn1cc2ccc(C3=NCC(C)CC3)cc2n1. The van der Waals surface area contributed by atoms with E-state index in [1.165, 1.54) is 23.1 Å². The zero-order valence-corrected chi connectivity index (χ0v) is 11.1. The van der Waals surface area contributed by atoms with Gasteiger partial charge in [0.2, 0.25) is 0 Å². The quantitative estimate of drug-likeness (QED) is 0.793. The molecule has 3 heteroatoms. The van der Waals surface area contributed by atoms with E-state index in [0.29, 0.717) is 0 Å². The van der Waals surface area contributed by atoms with E-state index >= 15 is 0 Å². The molecule has 3 rings (SSSR count). The molecule has 0 saturated carbocycles. The Hall–Kier alpha value is -1.64. The monoisotopic (exact) mass is 241 g/mol. The number of aliphatic imine (C=N–C) groups is 1. The summed E-state index contributed by atoms with van der Waals surface area (Å²) in [4.78, 5) is 4.70. The van der Waals surface area contributed by atoms with Gasteiger partial charge in [-0.15, -0.1) is 0 Å². The van der Waals surface area contributed by atoms with E-state index in [9.17, 15) is 0 Å². The Balaban J connectivity index is 1.97. The second kappa shape index (κ2) is 4.56. The average molecular weight is 241 g/mol. The van der Waals surface area contributed by atoms with Gasteiger partial charge in [0.25, 0.3) is 0 Å². The van der Waals surface area contributed by atoms with E-state index in [2.05, 4.69) is 43.3 Å². The Morgan fingerprint density at radius 3 is 3.00 bits per heavy atom. The van der Waals surface area contributed by atoms with Crippen molar-refractivity contribution in [1.29, 1.82) is 0 Å². The van der Waals surface area contributed by atoms with Crippen LogP contribution >= 0.6 is 0 Å². The van der Waals surface area contributed by atoms with Crippen molar-refractivity contribution in [3.05, 3.63) is 30.0 Å². The molecule has 0 bridgehead atoms. The minimum atomic E-state index is 0.733. The lowest BCUT2D eigenvalue weighted by molar-refractivity contribution is 0.538. The molecule has 0 fully saturated rings. The Kier molecular flexibility index (Phi) is 2.90. The Labute approximate surface area is 108 Å². The first-order chi connectivity index (χ1) is 8.76. The molecule has 1 aromatic carbocycles. The molecule has 0 N–H and O–H groups in total. The summed E-state index contributed by atoms with van der Waals surface area (Å²) in [6.07, 6.45) is 4.45. The molecule has 0 saturated heterocycles. The van der Waals surface area contributed by atoms with Crippen molar-refractivity contribution in [1.82, 2.24) is 9.78 Å². The molecule has 1 atom stereocenters. The van der Waals surface area contributed by atoms with Crippen LogP contribution in [0.5, 0.6) is 0 Å². The molecular weight excluding hydrogens is 222 g/mol. The molecule has 3 nitrogen and oxygen atoms in total. The van der Waals surface area contributed by atoms with Crippen LogP contribution in [0.1, 0.15) is 32.3 Å². The van der Waals surface area contributed by atoms with Crippen LogP contribution in [-0.2, 0) is 6.54 Å². The van der Waals surface area contributed by atoms with Crippen LogP contribution in [0.4, 0.5) is 0 Å². The third kappa shape index (κ3) is 2.05. The van der Waals surface area contributed by atoms with Crippen molar-refractivity contribution in [2.75, 3.05) is 6.54 Å². The van der Waals surface area contributed by atoms with Crippen molar-refractivity contribution >= 4 is 16.6 Å². The van der Waals surface area contributed by atoms with Gasteiger partial charge in [-0.3, -0.25) is 9.67 Å². The van der Waals surface area contributed by atoms with Gasteiger partial charge in [0.1, 0.15) is 0 Å². The third-order valence-electron chi connectivity index (χ3n) is 3.68. The number of rotatable bonds is 2. The molecule has 94 valence electrons. The fraction of sp³-hybridized carbons (Fsp3) is 0.467. The summed E-state index contributed by atoms with van der Waals surface area (Å²) in [5, 5.41) is 5.78. The molecule has 1 aliphatic heterocycles. The number of fused-ring (bicyclic) bond motifs is 1. The van der Waals surface area contributed by atoms with Gasteiger partial charge in [0, 0.05) is 30.4 Å². The molecule has 0 spiro atoms. The maximum absolute atomic E-state index is 4.70. The minimum Gasteiger partial charge on any atom is -0.289 e. The Morgan fingerprint density at radius 1 is 1.39 bits per heavy atom. The first-order valence-corrected chi connectivity index (χ1v) is 6.77. The van der Waals surface area contributed by atoms with Crippen molar-refractivity contribution in [2.24, 2.45) is 10.9 Å². The molecule has 1 aliphatic rings. The summed E-state index contributed by atoms with van der Waals surface area (Å²) < 4.78 is 1.99. The molecule has 0 aliphatic carbocycles. The predicted molar refractivity (Wildman–Crippen MR) is 75.2 cm³/mol. The first-order valence-electron chi connectivity index (χ1n) is 6.77. The molecule has 2 heterocycles. The predicted octanol–water partition coefficient (Wildman–Crippen LogP) is 3.28. The van der Waals surface area contributed by atoms with Crippen LogP contribution < -0.4 is 0 Å². The maximum atomic E-state index is 4.70. The second-order valence-corrected chi connectivity index (χ2v) is 5.19. The molecule has 0 radical (unpaired) electrons. The number of aryl methyl sites for hydroxylation is 1. The van der Waals surface area contributed by atoms with Gasteiger partial charge < -0.3 is 0 Å². The van der Waals surface area contributed by atoms with Gasteiger partial charge in [-0.1, -0.05) is 19.1 Å². The highest BCUT2D eigenvalue weighted by molar-refractivity contribution is 6.03.